The lowest BCUT2D eigenvalue weighted by Crippen LogP contribution is -2.32. The number of halogens is 2. The van der Waals surface area contributed by atoms with Crippen LogP contribution in [0.25, 0.3) is 0 Å². The highest BCUT2D eigenvalue weighted by Gasteiger charge is 2.41. The van der Waals surface area contributed by atoms with Gasteiger partial charge >= 0.3 is 0 Å². The molecule has 1 aliphatic rings. The number of benzene rings is 2. The van der Waals surface area contributed by atoms with Gasteiger partial charge in [-0.25, -0.2) is 8.78 Å². The summed E-state index contributed by atoms with van der Waals surface area (Å²) < 4.78 is 26.8. The van der Waals surface area contributed by atoms with Gasteiger partial charge in [-0.3, -0.25) is 9.59 Å². The van der Waals surface area contributed by atoms with E-state index < -0.39 is 29.4 Å². The van der Waals surface area contributed by atoms with Crippen molar-refractivity contribution in [3.8, 4) is 0 Å². The van der Waals surface area contributed by atoms with E-state index in [1.54, 1.807) is 0 Å². The first-order valence-electron chi connectivity index (χ1n) is 7.15. The van der Waals surface area contributed by atoms with Gasteiger partial charge in [0, 0.05) is 18.5 Å². The minimum absolute atomic E-state index is 0.276. The molecule has 0 bridgehead atoms. The van der Waals surface area contributed by atoms with Crippen LogP contribution in [0.3, 0.4) is 0 Å². The molecule has 2 aromatic rings. The lowest BCUT2D eigenvalue weighted by molar-refractivity contribution is -0.130. The van der Waals surface area contributed by atoms with Crippen LogP contribution >= 0.6 is 0 Å². The van der Waals surface area contributed by atoms with Crippen molar-refractivity contribution in [3.63, 3.8) is 0 Å². The molecule has 2 unspecified atom stereocenters. The molecule has 6 heteroatoms. The van der Waals surface area contributed by atoms with Crippen molar-refractivity contribution in [1.82, 2.24) is 5.32 Å². The van der Waals surface area contributed by atoms with Crippen molar-refractivity contribution >= 4 is 17.5 Å². The van der Waals surface area contributed by atoms with Crippen LogP contribution in [0.15, 0.2) is 48.5 Å². The quantitative estimate of drug-likeness (QED) is 0.855. The number of rotatable bonds is 3. The summed E-state index contributed by atoms with van der Waals surface area (Å²) in [6, 6.07) is 11.9. The summed E-state index contributed by atoms with van der Waals surface area (Å²) in [7, 11) is 0. The van der Waals surface area contributed by atoms with Gasteiger partial charge in [0.1, 0.15) is 17.6 Å². The summed E-state index contributed by atoms with van der Waals surface area (Å²) in [5.41, 5.74) is 0.562. The molecule has 3 rings (SSSR count). The molecular formula is C17H14F2N2O2. The maximum absolute atomic E-state index is 13.7. The van der Waals surface area contributed by atoms with Crippen molar-refractivity contribution in [2.75, 3.05) is 11.9 Å². The number of carbonyl (C=O) groups excluding carboxylic acids is 2. The van der Waals surface area contributed by atoms with Crippen molar-refractivity contribution in [2.24, 2.45) is 5.92 Å². The maximum atomic E-state index is 13.7. The van der Waals surface area contributed by atoms with Gasteiger partial charge in [-0.1, -0.05) is 30.3 Å². The Kier molecular flexibility index (Phi) is 4.06. The predicted molar refractivity (Wildman–Crippen MR) is 80.7 cm³/mol. The largest absolute Gasteiger partial charge is 0.355 e. The van der Waals surface area contributed by atoms with Crippen LogP contribution in [0, 0.1) is 17.6 Å². The third-order valence-corrected chi connectivity index (χ3v) is 3.88. The van der Waals surface area contributed by atoms with Crippen LogP contribution < -0.4 is 10.6 Å². The minimum atomic E-state index is -0.986. The van der Waals surface area contributed by atoms with E-state index in [9.17, 15) is 18.4 Å². The smallest absolute Gasteiger partial charge is 0.237 e. The first-order chi connectivity index (χ1) is 11.1. The third kappa shape index (κ3) is 3.06. The van der Waals surface area contributed by atoms with Gasteiger partial charge in [0.2, 0.25) is 11.8 Å². The molecule has 1 saturated heterocycles. The van der Waals surface area contributed by atoms with E-state index in [1.165, 1.54) is 0 Å². The van der Waals surface area contributed by atoms with Gasteiger partial charge in [-0.15, -0.1) is 0 Å². The summed E-state index contributed by atoms with van der Waals surface area (Å²) in [5, 5.41) is 4.95. The molecule has 23 heavy (non-hydrogen) atoms. The van der Waals surface area contributed by atoms with Crippen molar-refractivity contribution < 1.29 is 18.4 Å². The molecule has 0 aromatic heterocycles. The van der Waals surface area contributed by atoms with E-state index in [1.807, 2.05) is 30.3 Å². The Morgan fingerprint density at radius 3 is 2.61 bits per heavy atom. The second-order valence-corrected chi connectivity index (χ2v) is 5.35. The van der Waals surface area contributed by atoms with Gasteiger partial charge in [-0.05, 0) is 17.7 Å². The highest BCUT2D eigenvalue weighted by molar-refractivity contribution is 6.08. The van der Waals surface area contributed by atoms with E-state index in [-0.39, 0.29) is 11.6 Å². The van der Waals surface area contributed by atoms with Gasteiger partial charge in [0.15, 0.2) is 0 Å². The molecule has 2 atom stereocenters. The maximum Gasteiger partial charge on any atom is 0.237 e. The summed E-state index contributed by atoms with van der Waals surface area (Å²) in [6.45, 7) is 0.326. The fourth-order valence-electron chi connectivity index (χ4n) is 2.74. The zero-order chi connectivity index (χ0) is 16.4. The first kappa shape index (κ1) is 15.1. The molecular weight excluding hydrogens is 302 g/mol. The van der Waals surface area contributed by atoms with Crippen molar-refractivity contribution in [2.45, 2.75) is 5.92 Å². The van der Waals surface area contributed by atoms with E-state index in [4.69, 9.17) is 0 Å². The second-order valence-electron chi connectivity index (χ2n) is 5.35. The zero-order valence-corrected chi connectivity index (χ0v) is 12.1. The number of carbonyl (C=O) groups is 2. The number of anilines is 1. The fraction of sp³-hybridized carbons (Fsp3) is 0.176. The molecule has 2 aromatic carbocycles. The van der Waals surface area contributed by atoms with Gasteiger partial charge in [0.25, 0.3) is 0 Å². The molecule has 118 valence electrons. The molecule has 0 radical (unpaired) electrons. The van der Waals surface area contributed by atoms with Crippen LogP contribution in [-0.4, -0.2) is 18.4 Å². The molecule has 0 aliphatic carbocycles. The van der Waals surface area contributed by atoms with Crippen LogP contribution in [0.1, 0.15) is 11.5 Å². The van der Waals surface area contributed by atoms with Gasteiger partial charge in [-0.2, -0.15) is 0 Å². The molecule has 4 nitrogen and oxygen atoms in total. The molecule has 1 aliphatic heterocycles. The zero-order valence-electron chi connectivity index (χ0n) is 12.1. The average molecular weight is 316 g/mol. The van der Waals surface area contributed by atoms with Gasteiger partial charge in [0.05, 0.1) is 5.69 Å². The van der Waals surface area contributed by atoms with E-state index in [0.29, 0.717) is 6.54 Å². The third-order valence-electron chi connectivity index (χ3n) is 3.88. The number of hydrogen-bond acceptors (Lipinski definition) is 2. The highest BCUT2D eigenvalue weighted by atomic mass is 19.1. The molecule has 1 heterocycles. The summed E-state index contributed by atoms with van der Waals surface area (Å²) in [6.07, 6.45) is 0. The SMILES string of the molecule is O=C1NCC(c2ccccc2)C1C(=O)Nc1cc(F)ccc1F. The summed E-state index contributed by atoms with van der Waals surface area (Å²) in [4.78, 5) is 24.4. The second kappa shape index (κ2) is 6.16. The Morgan fingerprint density at radius 2 is 1.87 bits per heavy atom. The Morgan fingerprint density at radius 1 is 1.13 bits per heavy atom. The average Bonchev–Trinajstić information content (AvgIpc) is 2.93. The molecule has 2 amide bonds. The number of hydrogen-bond donors (Lipinski definition) is 2. The molecule has 0 saturated carbocycles. The lowest BCUT2D eigenvalue weighted by Gasteiger charge is -2.17. The van der Waals surface area contributed by atoms with Crippen LogP contribution in [0.5, 0.6) is 0 Å². The Hall–Kier alpha value is -2.76. The molecule has 0 spiro atoms. The van der Waals surface area contributed by atoms with Crippen LogP contribution in [-0.2, 0) is 9.59 Å². The number of nitrogens with one attached hydrogen (secondary N) is 2. The summed E-state index contributed by atoms with van der Waals surface area (Å²) in [5.74, 6) is -3.83. The molecule has 1 fully saturated rings. The Balaban J connectivity index is 1.85. The summed E-state index contributed by atoms with van der Waals surface area (Å²) >= 11 is 0. The Bertz CT molecular complexity index is 750. The monoisotopic (exact) mass is 316 g/mol. The van der Waals surface area contributed by atoms with E-state index in [0.717, 1.165) is 23.8 Å². The lowest BCUT2D eigenvalue weighted by atomic mass is 9.88. The highest BCUT2D eigenvalue weighted by Crippen LogP contribution is 2.30. The predicted octanol–water partition coefficient (Wildman–Crippen LogP) is 2.43. The van der Waals surface area contributed by atoms with Crippen molar-refractivity contribution in [3.05, 3.63) is 65.7 Å². The first-order valence-corrected chi connectivity index (χ1v) is 7.15. The standard InChI is InChI=1S/C17H14F2N2O2/c18-11-6-7-13(19)14(8-11)21-17(23)15-12(9-20-16(15)22)10-4-2-1-3-5-10/h1-8,12,15H,9H2,(H,20,22)(H,21,23). The minimum Gasteiger partial charge on any atom is -0.355 e. The van der Waals surface area contributed by atoms with Crippen LogP contribution in [0.2, 0.25) is 0 Å². The normalized spacial score (nSPS) is 20.2. The van der Waals surface area contributed by atoms with Crippen molar-refractivity contribution in [1.29, 1.82) is 0 Å². The number of amides is 2. The molecule has 2 N–H and O–H groups in total. The fourth-order valence-corrected chi connectivity index (χ4v) is 2.74. The van der Waals surface area contributed by atoms with Crippen LogP contribution in [0.4, 0.5) is 14.5 Å². The Labute approximate surface area is 131 Å². The van der Waals surface area contributed by atoms with E-state index in [2.05, 4.69) is 10.6 Å². The van der Waals surface area contributed by atoms with Gasteiger partial charge < -0.3 is 10.6 Å². The topological polar surface area (TPSA) is 58.2 Å². The van der Waals surface area contributed by atoms with E-state index >= 15 is 0 Å².